The van der Waals surface area contributed by atoms with Crippen LogP contribution in [0, 0.1) is 0 Å². The van der Waals surface area contributed by atoms with E-state index in [1.54, 1.807) is 0 Å². The average molecular weight is 712 g/mol. The van der Waals surface area contributed by atoms with Gasteiger partial charge in [0.1, 0.15) is 0 Å². The summed E-state index contributed by atoms with van der Waals surface area (Å²) in [4.78, 5) is 15.5. The summed E-state index contributed by atoms with van der Waals surface area (Å²) < 4.78 is 0. The molecule has 1 heterocycles. The highest BCUT2D eigenvalue weighted by molar-refractivity contribution is 6.21. The Morgan fingerprint density at radius 2 is 0.518 bits per heavy atom. The Bertz CT molecular complexity index is 3170. The first-order valence-corrected chi connectivity index (χ1v) is 19.0. The van der Waals surface area contributed by atoms with Gasteiger partial charge in [0.05, 0.1) is 0 Å². The van der Waals surface area contributed by atoms with Gasteiger partial charge >= 0.3 is 0 Å². The van der Waals surface area contributed by atoms with Gasteiger partial charge in [0.15, 0.2) is 17.5 Å². The van der Waals surface area contributed by atoms with Crippen LogP contribution in [0.2, 0.25) is 0 Å². The molecular weight excluding hydrogens is 679 g/mol. The SMILES string of the molecule is c1cc(-c2nc(-c3ccc4ccccc4c3)nc(-c3ccc4ccccc4c3)n2)cc(-c2c3ccccc3c(-c3ccc4ccccc4c3)c3ccccc23)c1. The van der Waals surface area contributed by atoms with Crippen molar-refractivity contribution in [3.8, 4) is 56.4 Å². The van der Waals surface area contributed by atoms with Crippen LogP contribution in [0.25, 0.3) is 110 Å². The Morgan fingerprint density at radius 3 is 0.946 bits per heavy atom. The lowest BCUT2D eigenvalue weighted by molar-refractivity contribution is 1.08. The van der Waals surface area contributed by atoms with Gasteiger partial charge in [-0.05, 0) is 100 Å². The minimum atomic E-state index is 0.634. The molecule has 0 fully saturated rings. The first-order chi connectivity index (χ1) is 27.7. The Hall–Kier alpha value is -7.49. The van der Waals surface area contributed by atoms with Gasteiger partial charge in [0.25, 0.3) is 0 Å². The lowest BCUT2D eigenvalue weighted by Gasteiger charge is -2.18. The fraction of sp³-hybridized carbons (Fsp3) is 0. The fourth-order valence-corrected chi connectivity index (χ4v) is 8.33. The lowest BCUT2D eigenvalue weighted by atomic mass is 9.85. The van der Waals surface area contributed by atoms with E-state index in [0.717, 1.165) is 33.0 Å². The van der Waals surface area contributed by atoms with Gasteiger partial charge in [-0.25, -0.2) is 15.0 Å². The van der Waals surface area contributed by atoms with Gasteiger partial charge in [-0.15, -0.1) is 0 Å². The van der Waals surface area contributed by atoms with Crippen LogP contribution in [0.3, 0.4) is 0 Å². The van der Waals surface area contributed by atoms with E-state index in [2.05, 4.69) is 200 Å². The minimum absolute atomic E-state index is 0.634. The molecule has 10 aromatic carbocycles. The van der Waals surface area contributed by atoms with Gasteiger partial charge in [0, 0.05) is 16.7 Å². The number of rotatable bonds is 5. The first-order valence-electron chi connectivity index (χ1n) is 19.0. The number of hydrogen-bond donors (Lipinski definition) is 0. The second-order valence-corrected chi connectivity index (χ2v) is 14.4. The third-order valence-electron chi connectivity index (χ3n) is 11.0. The Labute approximate surface area is 324 Å². The van der Waals surface area contributed by atoms with E-state index in [0.29, 0.717) is 17.5 Å². The maximum Gasteiger partial charge on any atom is 0.164 e. The number of fused-ring (bicyclic) bond motifs is 5. The molecule has 260 valence electrons. The van der Waals surface area contributed by atoms with Crippen LogP contribution < -0.4 is 0 Å². The molecule has 0 spiro atoms. The zero-order chi connectivity index (χ0) is 37.0. The highest BCUT2D eigenvalue weighted by Crippen LogP contribution is 2.44. The molecule has 0 aliphatic carbocycles. The molecule has 3 nitrogen and oxygen atoms in total. The van der Waals surface area contributed by atoms with Gasteiger partial charge in [-0.1, -0.05) is 176 Å². The molecule has 1 aromatic heterocycles. The Kier molecular flexibility index (Phi) is 7.49. The maximum absolute atomic E-state index is 5.18. The van der Waals surface area contributed by atoms with E-state index in [1.165, 1.54) is 59.8 Å². The minimum Gasteiger partial charge on any atom is -0.208 e. The highest BCUT2D eigenvalue weighted by atomic mass is 15.0. The first kappa shape index (κ1) is 32.0. The topological polar surface area (TPSA) is 38.7 Å². The van der Waals surface area contributed by atoms with Crippen molar-refractivity contribution in [2.75, 3.05) is 0 Å². The summed E-state index contributed by atoms with van der Waals surface area (Å²) >= 11 is 0. The van der Waals surface area contributed by atoms with Crippen LogP contribution in [0.4, 0.5) is 0 Å². The summed E-state index contributed by atoms with van der Waals surface area (Å²) in [6.07, 6.45) is 0. The van der Waals surface area contributed by atoms with Crippen molar-refractivity contribution < 1.29 is 0 Å². The summed E-state index contributed by atoms with van der Waals surface area (Å²) in [6.45, 7) is 0. The third kappa shape index (κ3) is 5.49. The summed E-state index contributed by atoms with van der Waals surface area (Å²) in [5.74, 6) is 1.92. The second kappa shape index (κ2) is 13.1. The van der Waals surface area contributed by atoms with Crippen LogP contribution in [0.15, 0.2) is 200 Å². The Balaban J connectivity index is 1.11. The van der Waals surface area contributed by atoms with Crippen molar-refractivity contribution in [3.05, 3.63) is 200 Å². The largest absolute Gasteiger partial charge is 0.208 e. The molecule has 0 aliphatic heterocycles. The predicted molar refractivity (Wildman–Crippen MR) is 235 cm³/mol. The van der Waals surface area contributed by atoms with Gasteiger partial charge < -0.3 is 0 Å². The third-order valence-corrected chi connectivity index (χ3v) is 11.0. The molecule has 0 atom stereocenters. The zero-order valence-corrected chi connectivity index (χ0v) is 30.4. The molecule has 0 N–H and O–H groups in total. The number of nitrogens with zero attached hydrogens (tertiary/aromatic N) is 3. The summed E-state index contributed by atoms with van der Waals surface area (Å²) in [5, 5.41) is 12.0. The second-order valence-electron chi connectivity index (χ2n) is 14.4. The highest BCUT2D eigenvalue weighted by Gasteiger charge is 2.19. The number of hydrogen-bond acceptors (Lipinski definition) is 3. The van der Waals surface area contributed by atoms with Crippen molar-refractivity contribution in [1.29, 1.82) is 0 Å². The average Bonchev–Trinajstić information content (AvgIpc) is 3.27. The van der Waals surface area contributed by atoms with E-state index in [4.69, 9.17) is 15.0 Å². The number of benzene rings is 10. The Morgan fingerprint density at radius 1 is 0.214 bits per heavy atom. The van der Waals surface area contributed by atoms with Crippen LogP contribution in [-0.2, 0) is 0 Å². The van der Waals surface area contributed by atoms with E-state index in [-0.39, 0.29) is 0 Å². The zero-order valence-electron chi connectivity index (χ0n) is 30.4. The normalized spacial score (nSPS) is 11.6. The van der Waals surface area contributed by atoms with Crippen molar-refractivity contribution in [2.24, 2.45) is 0 Å². The standard InChI is InChI=1S/C53H33N3/c1-4-15-37-30-41(27-24-34(37)12-1)50-47-22-9-7-20-45(47)49(46-21-8-10-23-48(46)50)40-18-11-19-42(33-40)51-54-52(43-28-25-35-13-2-5-16-38(35)31-43)56-53(55-51)44-29-26-36-14-3-6-17-39(36)32-44/h1-33H. The van der Waals surface area contributed by atoms with Crippen molar-refractivity contribution >= 4 is 53.9 Å². The van der Waals surface area contributed by atoms with Crippen molar-refractivity contribution in [1.82, 2.24) is 15.0 Å². The quantitative estimate of drug-likeness (QED) is 0.167. The van der Waals surface area contributed by atoms with Crippen LogP contribution in [0.1, 0.15) is 0 Å². The molecule has 56 heavy (non-hydrogen) atoms. The molecule has 0 aliphatic rings. The van der Waals surface area contributed by atoms with E-state index >= 15 is 0 Å². The van der Waals surface area contributed by atoms with Gasteiger partial charge in [-0.2, -0.15) is 0 Å². The molecule has 11 rings (SSSR count). The van der Waals surface area contributed by atoms with E-state index in [9.17, 15) is 0 Å². The van der Waals surface area contributed by atoms with Crippen molar-refractivity contribution in [3.63, 3.8) is 0 Å². The van der Waals surface area contributed by atoms with Crippen LogP contribution in [-0.4, -0.2) is 15.0 Å². The molecule has 0 bridgehead atoms. The molecule has 0 saturated carbocycles. The molecule has 0 saturated heterocycles. The van der Waals surface area contributed by atoms with Crippen LogP contribution >= 0.6 is 0 Å². The monoisotopic (exact) mass is 711 g/mol. The summed E-state index contributed by atoms with van der Waals surface area (Å²) in [5.41, 5.74) is 7.60. The predicted octanol–water partition coefficient (Wildman–Crippen LogP) is 14.0. The van der Waals surface area contributed by atoms with Gasteiger partial charge in [-0.3, -0.25) is 0 Å². The molecule has 3 heteroatoms. The molecule has 0 amide bonds. The smallest absolute Gasteiger partial charge is 0.164 e. The molecule has 0 unspecified atom stereocenters. The fourth-order valence-electron chi connectivity index (χ4n) is 8.33. The summed E-state index contributed by atoms with van der Waals surface area (Å²) in [7, 11) is 0. The summed E-state index contributed by atoms with van der Waals surface area (Å²) in [6, 6.07) is 71.4. The van der Waals surface area contributed by atoms with Crippen LogP contribution in [0.5, 0.6) is 0 Å². The molecule has 0 radical (unpaired) electrons. The van der Waals surface area contributed by atoms with E-state index in [1.807, 2.05) is 0 Å². The van der Waals surface area contributed by atoms with E-state index < -0.39 is 0 Å². The van der Waals surface area contributed by atoms with Crippen molar-refractivity contribution in [2.45, 2.75) is 0 Å². The molecular formula is C53H33N3. The number of aromatic nitrogens is 3. The molecule has 11 aromatic rings. The lowest BCUT2D eigenvalue weighted by Crippen LogP contribution is -2.00. The maximum atomic E-state index is 5.18. The van der Waals surface area contributed by atoms with Gasteiger partial charge in [0.2, 0.25) is 0 Å².